The number of piperidine rings is 1. The van der Waals surface area contributed by atoms with Crippen LogP contribution in [0.4, 0.5) is 10.1 Å². The molecule has 0 radical (unpaired) electrons. The number of aromatic hydroxyl groups is 1. The number of nitrogens with one attached hydrogen (secondary N) is 2. The van der Waals surface area contributed by atoms with Crippen LogP contribution in [-0.2, 0) is 15.0 Å². The molecule has 0 bridgehead atoms. The molecule has 2 saturated heterocycles. The van der Waals surface area contributed by atoms with Gasteiger partial charge in [-0.1, -0.05) is 11.8 Å². The van der Waals surface area contributed by atoms with Crippen molar-refractivity contribution in [3.63, 3.8) is 0 Å². The molecule has 3 atom stereocenters. The molecule has 0 aromatic heterocycles. The standard InChI is InChI=1S/C16H16FN3O4S/c17-15-9(1-3-10-11-5-6-18-7-12(10)11)2-4-13(21)16(15)20-8-14(22)19-25(20,23)24/h2,4,10-12,18,21H,5-8H2,(H,19,22)/t10-,11-,12+/m1/s1. The number of anilines is 1. The van der Waals surface area contributed by atoms with Gasteiger partial charge in [0.25, 0.3) is 5.91 Å². The number of phenols is 1. The fourth-order valence-corrected chi connectivity index (χ4v) is 4.73. The molecule has 2 aliphatic heterocycles. The number of carbonyl (C=O) groups excluding carboxylic acids is 1. The van der Waals surface area contributed by atoms with E-state index in [2.05, 4.69) is 17.2 Å². The second-order valence-corrected chi connectivity index (χ2v) is 8.04. The topological polar surface area (TPSA) is 98.7 Å². The van der Waals surface area contributed by atoms with Crippen molar-refractivity contribution >= 4 is 21.8 Å². The van der Waals surface area contributed by atoms with E-state index in [1.54, 1.807) is 4.72 Å². The number of halogens is 1. The summed E-state index contributed by atoms with van der Waals surface area (Å²) in [4.78, 5) is 11.3. The first-order valence-electron chi connectivity index (χ1n) is 7.95. The summed E-state index contributed by atoms with van der Waals surface area (Å²) in [6.07, 6.45) is 1.05. The Morgan fingerprint density at radius 2 is 2.12 bits per heavy atom. The van der Waals surface area contributed by atoms with Crippen LogP contribution < -0.4 is 14.3 Å². The Hall–Kier alpha value is -2.31. The van der Waals surface area contributed by atoms with Crippen LogP contribution in [0.3, 0.4) is 0 Å². The van der Waals surface area contributed by atoms with Gasteiger partial charge in [0.2, 0.25) is 0 Å². The zero-order chi connectivity index (χ0) is 17.8. The minimum absolute atomic E-state index is 0.000967. The molecule has 25 heavy (non-hydrogen) atoms. The predicted molar refractivity (Wildman–Crippen MR) is 87.3 cm³/mol. The predicted octanol–water partition coefficient (Wildman–Crippen LogP) is -0.0807. The highest BCUT2D eigenvalue weighted by molar-refractivity contribution is 7.92. The average Bonchev–Trinajstić information content (AvgIpc) is 3.18. The summed E-state index contributed by atoms with van der Waals surface area (Å²) in [6.45, 7) is 1.29. The number of amides is 1. The fraction of sp³-hybridized carbons (Fsp3) is 0.438. The summed E-state index contributed by atoms with van der Waals surface area (Å²) in [5.41, 5.74) is -0.556. The van der Waals surface area contributed by atoms with Crippen LogP contribution in [0.25, 0.3) is 0 Å². The minimum Gasteiger partial charge on any atom is -0.506 e. The Morgan fingerprint density at radius 3 is 2.76 bits per heavy atom. The van der Waals surface area contributed by atoms with Gasteiger partial charge in [0.05, 0.1) is 5.56 Å². The van der Waals surface area contributed by atoms with E-state index in [-0.39, 0.29) is 11.5 Å². The highest BCUT2D eigenvalue weighted by Gasteiger charge is 2.49. The molecule has 1 aromatic carbocycles. The Bertz CT molecular complexity index is 909. The van der Waals surface area contributed by atoms with Crippen LogP contribution >= 0.6 is 0 Å². The molecule has 2 heterocycles. The smallest absolute Gasteiger partial charge is 0.326 e. The molecule has 1 aromatic rings. The number of carbonyl (C=O) groups is 1. The lowest BCUT2D eigenvalue weighted by Gasteiger charge is -2.17. The molecule has 3 aliphatic rings. The van der Waals surface area contributed by atoms with Crippen LogP contribution in [0.15, 0.2) is 12.1 Å². The van der Waals surface area contributed by atoms with Gasteiger partial charge in [0, 0.05) is 5.92 Å². The number of benzene rings is 1. The molecule has 1 aliphatic carbocycles. The van der Waals surface area contributed by atoms with E-state index in [0.29, 0.717) is 16.1 Å². The van der Waals surface area contributed by atoms with E-state index in [4.69, 9.17) is 0 Å². The second kappa shape index (κ2) is 5.61. The molecule has 1 amide bonds. The first kappa shape index (κ1) is 16.2. The van der Waals surface area contributed by atoms with Gasteiger partial charge in [-0.05, 0) is 43.5 Å². The third kappa shape index (κ3) is 2.71. The molecular weight excluding hydrogens is 349 g/mol. The number of nitrogens with zero attached hydrogens (tertiary/aromatic N) is 1. The Kier molecular flexibility index (Phi) is 3.63. The van der Waals surface area contributed by atoms with Crippen molar-refractivity contribution < 1.29 is 22.7 Å². The molecule has 7 nitrogen and oxygen atoms in total. The highest BCUT2D eigenvalue weighted by Crippen LogP contribution is 2.49. The van der Waals surface area contributed by atoms with Gasteiger partial charge in [0.1, 0.15) is 18.0 Å². The van der Waals surface area contributed by atoms with Crippen LogP contribution in [0.1, 0.15) is 12.0 Å². The van der Waals surface area contributed by atoms with Gasteiger partial charge in [-0.3, -0.25) is 4.79 Å². The SMILES string of the molecule is O=C1CN(c2c(O)ccc(C#C[C@@H]3[C@H]4CCNC[C@@H]34)c2F)S(=O)(=O)N1. The maximum absolute atomic E-state index is 14.8. The van der Waals surface area contributed by atoms with Crippen molar-refractivity contribution in [3.05, 3.63) is 23.5 Å². The van der Waals surface area contributed by atoms with Crippen molar-refractivity contribution in [1.29, 1.82) is 0 Å². The van der Waals surface area contributed by atoms with E-state index in [9.17, 15) is 22.7 Å². The summed E-state index contributed by atoms with van der Waals surface area (Å²) < 4.78 is 40.9. The number of fused-ring (bicyclic) bond motifs is 1. The summed E-state index contributed by atoms with van der Waals surface area (Å²) >= 11 is 0. The lowest BCUT2D eigenvalue weighted by atomic mass is 10.1. The normalized spacial score (nSPS) is 29.4. The van der Waals surface area contributed by atoms with Crippen LogP contribution in [0.5, 0.6) is 5.75 Å². The van der Waals surface area contributed by atoms with Crippen molar-refractivity contribution in [1.82, 2.24) is 10.0 Å². The first-order valence-corrected chi connectivity index (χ1v) is 9.39. The van der Waals surface area contributed by atoms with Crippen LogP contribution in [0, 0.1) is 35.4 Å². The Balaban J connectivity index is 1.67. The zero-order valence-corrected chi connectivity index (χ0v) is 13.9. The van der Waals surface area contributed by atoms with E-state index in [1.165, 1.54) is 12.1 Å². The number of hydrogen-bond acceptors (Lipinski definition) is 5. The van der Waals surface area contributed by atoms with Gasteiger partial charge in [-0.2, -0.15) is 8.42 Å². The van der Waals surface area contributed by atoms with Crippen LogP contribution in [0.2, 0.25) is 0 Å². The monoisotopic (exact) mass is 365 g/mol. The highest BCUT2D eigenvalue weighted by atomic mass is 32.2. The van der Waals surface area contributed by atoms with E-state index < -0.39 is 39.9 Å². The summed E-state index contributed by atoms with van der Waals surface area (Å²) in [6, 6.07) is 2.49. The van der Waals surface area contributed by atoms with Crippen molar-refractivity contribution in [3.8, 4) is 17.6 Å². The van der Waals surface area contributed by atoms with Crippen LogP contribution in [-0.4, -0.2) is 39.1 Å². The zero-order valence-electron chi connectivity index (χ0n) is 13.1. The Morgan fingerprint density at radius 1 is 1.32 bits per heavy atom. The summed E-state index contributed by atoms with van der Waals surface area (Å²) in [5, 5.41) is 13.2. The van der Waals surface area contributed by atoms with Gasteiger partial charge in [-0.25, -0.2) is 13.4 Å². The molecule has 132 valence electrons. The summed E-state index contributed by atoms with van der Waals surface area (Å²) in [7, 11) is -4.21. The van der Waals surface area contributed by atoms with Gasteiger partial charge in [0.15, 0.2) is 5.82 Å². The van der Waals surface area contributed by atoms with E-state index in [1.807, 2.05) is 0 Å². The molecule has 4 rings (SSSR count). The van der Waals surface area contributed by atoms with Gasteiger partial charge < -0.3 is 10.4 Å². The third-order valence-corrected chi connectivity index (χ3v) is 6.28. The van der Waals surface area contributed by atoms with Crippen molar-refractivity contribution in [2.45, 2.75) is 6.42 Å². The molecule has 0 spiro atoms. The number of rotatable bonds is 1. The van der Waals surface area contributed by atoms with Gasteiger partial charge in [-0.15, -0.1) is 0 Å². The molecule has 1 saturated carbocycles. The lowest BCUT2D eigenvalue weighted by molar-refractivity contribution is -0.117. The molecular formula is C16H16FN3O4S. The first-order chi connectivity index (χ1) is 11.9. The lowest BCUT2D eigenvalue weighted by Crippen LogP contribution is -2.30. The van der Waals surface area contributed by atoms with Crippen molar-refractivity contribution in [2.75, 3.05) is 23.9 Å². The largest absolute Gasteiger partial charge is 0.506 e. The number of hydrogen-bond donors (Lipinski definition) is 3. The van der Waals surface area contributed by atoms with E-state index in [0.717, 1.165) is 19.5 Å². The molecule has 0 unspecified atom stereocenters. The van der Waals surface area contributed by atoms with E-state index >= 15 is 0 Å². The maximum Gasteiger partial charge on any atom is 0.326 e. The molecule has 9 heteroatoms. The Labute approximate surface area is 144 Å². The second-order valence-electron chi connectivity index (χ2n) is 6.45. The number of phenolic OH excluding ortho intramolecular Hbond substituents is 1. The quantitative estimate of drug-likeness (QED) is 0.605. The summed E-state index contributed by atoms with van der Waals surface area (Å²) in [5.74, 6) is 4.77. The molecule has 3 N–H and O–H groups in total. The maximum atomic E-state index is 14.8. The van der Waals surface area contributed by atoms with Gasteiger partial charge >= 0.3 is 10.2 Å². The fourth-order valence-electron chi connectivity index (χ4n) is 3.56. The molecule has 3 fully saturated rings. The van der Waals surface area contributed by atoms with Crippen molar-refractivity contribution in [2.24, 2.45) is 17.8 Å². The average molecular weight is 365 g/mol. The third-order valence-electron chi connectivity index (χ3n) is 4.90. The minimum atomic E-state index is -4.21.